The maximum atomic E-state index is 13.3. The largest absolute Gasteiger partial charge is 0.345 e. The summed E-state index contributed by atoms with van der Waals surface area (Å²) in [5.74, 6) is -0.565. The minimum absolute atomic E-state index is 0.0431. The molecule has 0 saturated heterocycles. The number of allylic oxidation sites excluding steroid dienone is 1. The van der Waals surface area contributed by atoms with Crippen LogP contribution in [0.3, 0.4) is 0 Å². The van der Waals surface area contributed by atoms with Gasteiger partial charge in [0.1, 0.15) is 5.82 Å². The smallest absolute Gasteiger partial charge is 0.251 e. The van der Waals surface area contributed by atoms with Gasteiger partial charge in [-0.2, -0.15) is 0 Å². The van der Waals surface area contributed by atoms with E-state index in [4.69, 9.17) is 23.2 Å². The number of thioether (sulfide) groups is 1. The number of rotatable bonds is 9. The summed E-state index contributed by atoms with van der Waals surface area (Å²) in [5, 5.41) is 14.7. The Kier molecular flexibility index (Phi) is 8.26. The molecule has 0 aliphatic heterocycles. The van der Waals surface area contributed by atoms with Gasteiger partial charge in [0.05, 0.1) is 22.3 Å². The lowest BCUT2D eigenvalue weighted by Crippen LogP contribution is -2.25. The molecular formula is C21H18Cl2FN5O2S. The molecule has 0 unspecified atom stereocenters. The third-order valence-corrected chi connectivity index (χ3v) is 5.84. The Bertz CT molecular complexity index is 1150. The fraction of sp³-hybridized carbons (Fsp3) is 0.143. The van der Waals surface area contributed by atoms with Crippen LogP contribution < -0.4 is 10.6 Å². The van der Waals surface area contributed by atoms with E-state index in [-0.39, 0.29) is 29.1 Å². The molecular weight excluding hydrogens is 476 g/mol. The highest BCUT2D eigenvalue weighted by molar-refractivity contribution is 7.99. The SMILES string of the molecule is C=CCn1c(CNC(=O)c2ccc(Cl)c(Cl)c2)nnc1SCC(=O)Nc1cccc(F)c1. The highest BCUT2D eigenvalue weighted by Gasteiger charge is 2.15. The first-order valence-electron chi connectivity index (χ1n) is 9.32. The van der Waals surface area contributed by atoms with Gasteiger partial charge in [0, 0.05) is 17.8 Å². The zero-order chi connectivity index (χ0) is 23.1. The molecule has 2 amide bonds. The fourth-order valence-electron chi connectivity index (χ4n) is 2.66. The standard InChI is InChI=1S/C21H18Cl2FN5O2S/c1-2-8-29-18(11-25-20(31)13-6-7-16(22)17(23)9-13)27-28-21(29)32-12-19(30)26-15-5-3-4-14(24)10-15/h2-7,9-10H,1,8,11-12H2,(H,25,31)(H,26,30). The molecule has 32 heavy (non-hydrogen) atoms. The Morgan fingerprint density at radius 1 is 1.16 bits per heavy atom. The second kappa shape index (κ2) is 11.1. The van der Waals surface area contributed by atoms with Crippen molar-refractivity contribution in [1.82, 2.24) is 20.1 Å². The number of halogens is 3. The van der Waals surface area contributed by atoms with Crippen molar-refractivity contribution in [2.24, 2.45) is 0 Å². The van der Waals surface area contributed by atoms with Crippen molar-refractivity contribution in [3.63, 3.8) is 0 Å². The molecule has 3 aromatic rings. The van der Waals surface area contributed by atoms with E-state index >= 15 is 0 Å². The van der Waals surface area contributed by atoms with Gasteiger partial charge < -0.3 is 15.2 Å². The van der Waals surface area contributed by atoms with Crippen molar-refractivity contribution in [3.8, 4) is 0 Å². The third-order valence-electron chi connectivity index (χ3n) is 4.13. The van der Waals surface area contributed by atoms with Crippen LogP contribution >= 0.6 is 35.0 Å². The van der Waals surface area contributed by atoms with Gasteiger partial charge in [-0.15, -0.1) is 16.8 Å². The lowest BCUT2D eigenvalue weighted by molar-refractivity contribution is -0.113. The van der Waals surface area contributed by atoms with E-state index in [1.54, 1.807) is 28.8 Å². The molecule has 0 fully saturated rings. The Balaban J connectivity index is 1.61. The molecule has 0 aliphatic rings. The van der Waals surface area contributed by atoms with Crippen molar-refractivity contribution in [3.05, 3.63) is 82.4 Å². The molecule has 166 valence electrons. The van der Waals surface area contributed by atoms with Crippen molar-refractivity contribution in [2.45, 2.75) is 18.2 Å². The lowest BCUT2D eigenvalue weighted by atomic mass is 10.2. The maximum Gasteiger partial charge on any atom is 0.251 e. The minimum Gasteiger partial charge on any atom is -0.345 e. The molecule has 0 saturated carbocycles. The summed E-state index contributed by atoms with van der Waals surface area (Å²) >= 11 is 13.0. The molecule has 0 spiro atoms. The van der Waals surface area contributed by atoms with Crippen LogP contribution in [0.2, 0.25) is 10.0 Å². The number of hydrogen-bond donors (Lipinski definition) is 2. The Morgan fingerprint density at radius 3 is 2.69 bits per heavy atom. The predicted octanol–water partition coefficient (Wildman–Crippen LogP) is 4.57. The second-order valence-corrected chi connectivity index (χ2v) is 8.21. The van der Waals surface area contributed by atoms with Crippen LogP contribution in [0.15, 0.2) is 60.3 Å². The Hall–Kier alpha value is -2.88. The number of amides is 2. The first-order valence-corrected chi connectivity index (χ1v) is 11.1. The normalized spacial score (nSPS) is 10.6. The first-order chi connectivity index (χ1) is 15.4. The van der Waals surface area contributed by atoms with Crippen molar-refractivity contribution in [1.29, 1.82) is 0 Å². The molecule has 0 aliphatic carbocycles. The Labute approximate surface area is 198 Å². The van der Waals surface area contributed by atoms with E-state index in [2.05, 4.69) is 27.4 Å². The first kappa shape index (κ1) is 23.8. The molecule has 1 heterocycles. The van der Waals surface area contributed by atoms with E-state index in [9.17, 15) is 14.0 Å². The van der Waals surface area contributed by atoms with Gasteiger partial charge >= 0.3 is 0 Å². The number of carbonyl (C=O) groups is 2. The summed E-state index contributed by atoms with van der Waals surface area (Å²) in [6.45, 7) is 4.22. The summed E-state index contributed by atoms with van der Waals surface area (Å²) in [4.78, 5) is 24.6. The highest BCUT2D eigenvalue weighted by Crippen LogP contribution is 2.23. The second-order valence-electron chi connectivity index (χ2n) is 6.46. The monoisotopic (exact) mass is 493 g/mol. The zero-order valence-corrected chi connectivity index (χ0v) is 19.0. The highest BCUT2D eigenvalue weighted by atomic mass is 35.5. The minimum atomic E-state index is -0.436. The summed E-state index contributed by atoms with van der Waals surface area (Å²) in [7, 11) is 0. The molecule has 7 nitrogen and oxygen atoms in total. The van der Waals surface area contributed by atoms with Crippen molar-refractivity contribution < 1.29 is 14.0 Å². The summed E-state index contributed by atoms with van der Waals surface area (Å²) in [5.41, 5.74) is 0.728. The molecule has 3 rings (SSSR count). The summed E-state index contributed by atoms with van der Waals surface area (Å²) < 4.78 is 15.0. The zero-order valence-electron chi connectivity index (χ0n) is 16.6. The summed E-state index contributed by atoms with van der Waals surface area (Å²) in [6.07, 6.45) is 1.66. The van der Waals surface area contributed by atoms with Gasteiger partial charge in [-0.1, -0.05) is 47.1 Å². The predicted molar refractivity (Wildman–Crippen MR) is 124 cm³/mol. The average molecular weight is 494 g/mol. The van der Waals surface area contributed by atoms with Gasteiger partial charge in [-0.25, -0.2) is 4.39 Å². The van der Waals surface area contributed by atoms with Crippen molar-refractivity contribution >= 4 is 52.5 Å². The van der Waals surface area contributed by atoms with Crippen LogP contribution in [0.25, 0.3) is 0 Å². The molecule has 11 heteroatoms. The van der Waals surface area contributed by atoms with E-state index in [0.717, 1.165) is 11.8 Å². The number of nitrogens with one attached hydrogen (secondary N) is 2. The van der Waals surface area contributed by atoms with Gasteiger partial charge in [-0.3, -0.25) is 9.59 Å². The van der Waals surface area contributed by atoms with Gasteiger partial charge in [0.15, 0.2) is 11.0 Å². The van der Waals surface area contributed by atoms with Crippen LogP contribution in [0, 0.1) is 5.82 Å². The average Bonchev–Trinajstić information content (AvgIpc) is 3.14. The molecule has 0 atom stereocenters. The number of benzene rings is 2. The van der Waals surface area contributed by atoms with E-state index < -0.39 is 5.82 Å². The Morgan fingerprint density at radius 2 is 1.97 bits per heavy atom. The third kappa shape index (κ3) is 6.32. The van der Waals surface area contributed by atoms with Crippen molar-refractivity contribution in [2.75, 3.05) is 11.1 Å². The van der Waals surface area contributed by atoms with E-state index in [0.29, 0.717) is 33.8 Å². The van der Waals surface area contributed by atoms with Gasteiger partial charge in [-0.05, 0) is 36.4 Å². The van der Waals surface area contributed by atoms with E-state index in [1.165, 1.54) is 24.3 Å². The molecule has 0 radical (unpaired) electrons. The topological polar surface area (TPSA) is 88.9 Å². The van der Waals surface area contributed by atoms with E-state index in [1.807, 2.05) is 0 Å². The number of anilines is 1. The van der Waals surface area contributed by atoms with Crippen LogP contribution in [0.1, 0.15) is 16.2 Å². The number of nitrogens with zero attached hydrogens (tertiary/aromatic N) is 3. The number of carbonyl (C=O) groups excluding carboxylic acids is 2. The maximum absolute atomic E-state index is 13.3. The molecule has 1 aromatic heterocycles. The van der Waals surface area contributed by atoms with Crippen LogP contribution in [-0.4, -0.2) is 32.3 Å². The molecule has 2 aromatic carbocycles. The van der Waals surface area contributed by atoms with Gasteiger partial charge in [0.2, 0.25) is 5.91 Å². The number of hydrogen-bond acceptors (Lipinski definition) is 5. The van der Waals surface area contributed by atoms with Crippen LogP contribution in [-0.2, 0) is 17.9 Å². The summed E-state index contributed by atoms with van der Waals surface area (Å²) in [6, 6.07) is 10.2. The molecule has 2 N–H and O–H groups in total. The fourth-order valence-corrected chi connectivity index (χ4v) is 3.73. The van der Waals surface area contributed by atoms with Crippen LogP contribution in [0.4, 0.5) is 10.1 Å². The van der Waals surface area contributed by atoms with Crippen LogP contribution in [0.5, 0.6) is 0 Å². The lowest BCUT2D eigenvalue weighted by Gasteiger charge is -2.09. The quantitative estimate of drug-likeness (QED) is 0.336. The van der Waals surface area contributed by atoms with Gasteiger partial charge in [0.25, 0.3) is 5.91 Å². The molecule has 0 bridgehead atoms. The number of aromatic nitrogens is 3.